The molecule has 6 heterocycles. The minimum atomic E-state index is -0.845. The average molecular weight is 803 g/mol. The molecule has 4 aromatic rings. The van der Waals surface area contributed by atoms with Crippen LogP contribution in [-0.4, -0.2) is 127 Å². The number of aliphatic hydroxyl groups excluding tert-OH is 1. The van der Waals surface area contributed by atoms with E-state index in [2.05, 4.69) is 43.2 Å². The number of nitriles is 1. The summed E-state index contributed by atoms with van der Waals surface area (Å²) in [5.41, 5.74) is 7.58. The van der Waals surface area contributed by atoms with Gasteiger partial charge in [-0.1, -0.05) is 29.3 Å². The summed E-state index contributed by atoms with van der Waals surface area (Å²) in [6.07, 6.45) is 6.90. The third kappa shape index (κ3) is 8.03. The minimum absolute atomic E-state index is 0.0486. The van der Waals surface area contributed by atoms with Gasteiger partial charge in [-0.3, -0.25) is 4.79 Å². The van der Waals surface area contributed by atoms with Crippen LogP contribution in [0.2, 0.25) is 0 Å². The molecule has 0 saturated carbocycles. The van der Waals surface area contributed by atoms with Crippen LogP contribution in [0.25, 0.3) is 11.5 Å². The number of aliphatic hydroxyl groups is 1. The number of β-amino-alcohol motifs (C(OH)–C–C–N with tert-alkyl or cyclic N) is 1. The molecule has 18 nitrogen and oxygen atoms in total. The molecular weight excluding hydrogens is 753 g/mol. The Balaban J connectivity index is 0.936. The van der Waals surface area contributed by atoms with Gasteiger partial charge in [0, 0.05) is 55.3 Å². The van der Waals surface area contributed by atoms with Gasteiger partial charge in [-0.25, -0.2) is 19.4 Å². The maximum absolute atomic E-state index is 13.6. The first-order chi connectivity index (χ1) is 27.4. The normalized spacial score (nSPS) is 23.2. The van der Waals surface area contributed by atoms with E-state index in [9.17, 15) is 20.0 Å². The first-order valence-corrected chi connectivity index (χ1v) is 20.3. The molecule has 2 fully saturated rings. The highest BCUT2D eigenvalue weighted by Crippen LogP contribution is 2.48. The van der Waals surface area contributed by atoms with E-state index in [1.807, 2.05) is 20.8 Å². The van der Waals surface area contributed by atoms with Crippen LogP contribution in [0, 0.1) is 17.2 Å². The number of ether oxygens (including phenoxy) is 2. The second-order valence-corrected chi connectivity index (χ2v) is 16.8. The van der Waals surface area contributed by atoms with Crippen LogP contribution in [0.4, 0.5) is 10.9 Å². The number of anilines is 2. The number of hydrogen-bond acceptors (Lipinski definition) is 17. The summed E-state index contributed by atoms with van der Waals surface area (Å²) in [5, 5.41) is 33.3. The molecule has 57 heavy (non-hydrogen) atoms. The van der Waals surface area contributed by atoms with Crippen LogP contribution in [0.5, 0.6) is 5.88 Å². The van der Waals surface area contributed by atoms with Crippen molar-refractivity contribution in [3.8, 4) is 23.5 Å². The molecule has 0 bridgehead atoms. The maximum Gasteiger partial charge on any atom is 0.328 e. The van der Waals surface area contributed by atoms with Gasteiger partial charge in [0.05, 0.1) is 37.0 Å². The first-order valence-electron chi connectivity index (χ1n) is 19.5. The molecule has 5 atom stereocenters. The smallest absolute Gasteiger partial charge is 0.328 e. The number of nitrogens with two attached hydrogens (primary N) is 1. The zero-order valence-electron chi connectivity index (χ0n) is 33.0. The summed E-state index contributed by atoms with van der Waals surface area (Å²) in [5.74, 6) is 0.673. The Bertz CT molecular complexity index is 2110. The summed E-state index contributed by atoms with van der Waals surface area (Å²) in [6, 6.07) is 2.62. The summed E-state index contributed by atoms with van der Waals surface area (Å²) >= 11 is 1.47. The predicted octanol–water partition coefficient (Wildman–Crippen LogP) is 2.98. The number of methoxy groups -OCH3 is 1. The van der Waals surface area contributed by atoms with Crippen LogP contribution >= 0.6 is 11.3 Å². The predicted molar refractivity (Wildman–Crippen MR) is 208 cm³/mol. The second-order valence-electron chi connectivity index (χ2n) is 15.6. The van der Waals surface area contributed by atoms with Crippen molar-refractivity contribution in [3.63, 3.8) is 0 Å². The summed E-state index contributed by atoms with van der Waals surface area (Å²) < 4.78 is 18.2. The van der Waals surface area contributed by atoms with Gasteiger partial charge in [-0.2, -0.15) is 10.2 Å². The molecular formula is C38H50N12O6S. The van der Waals surface area contributed by atoms with Crippen LogP contribution in [0.1, 0.15) is 87.7 Å². The monoisotopic (exact) mass is 802 g/mol. The van der Waals surface area contributed by atoms with Gasteiger partial charge in [0.1, 0.15) is 28.8 Å². The molecule has 2 aliphatic heterocycles. The zero-order chi connectivity index (χ0) is 40.4. The fourth-order valence-corrected chi connectivity index (χ4v) is 9.63. The van der Waals surface area contributed by atoms with Crippen LogP contribution in [-0.2, 0) is 26.2 Å². The number of rotatable bonds is 12. The van der Waals surface area contributed by atoms with Gasteiger partial charge in [0.2, 0.25) is 23.6 Å². The number of carbonyl (C=O) groups excluding carboxylic acids is 2. The highest BCUT2D eigenvalue weighted by molar-refractivity contribution is 7.16. The molecule has 0 radical (unpaired) electrons. The van der Waals surface area contributed by atoms with Gasteiger partial charge in [0.15, 0.2) is 0 Å². The number of hydrogen-bond donors (Lipinski definition) is 2. The standard InChI is InChI=1S/C38H50N12O6S/c1-22(2)31(34(52)49-20-24(51)17-27(49)35(53)54-5)50-21-29(44-46-50)55-16-8-14-47-13-7-15-48(23(3)19-47)37-41-12-10-26(42-37)33-43-36(56-45-33)38(4)11-6-9-28-30(38)25(18-39)32(40)57-28/h10,12,21-24,27,31,51H,6-9,11,13-17,19-20,40H2,1-5H3/t23-,24+,27-,31?,38-/m0/s1. The van der Waals surface area contributed by atoms with Crippen molar-refractivity contribution in [1.82, 2.24) is 44.9 Å². The van der Waals surface area contributed by atoms with Crippen molar-refractivity contribution in [2.45, 2.75) is 95.9 Å². The number of carbonyl (C=O) groups is 2. The molecule has 0 aromatic carbocycles. The lowest BCUT2D eigenvalue weighted by Crippen LogP contribution is -2.46. The van der Waals surface area contributed by atoms with E-state index >= 15 is 0 Å². The summed E-state index contributed by atoms with van der Waals surface area (Å²) in [4.78, 5) is 47.4. The molecule has 0 spiro atoms. The molecule has 1 amide bonds. The Kier molecular flexibility index (Phi) is 11.7. The van der Waals surface area contributed by atoms with Crippen LogP contribution < -0.4 is 15.4 Å². The molecule has 2 saturated heterocycles. The largest absolute Gasteiger partial charge is 0.475 e. The molecule has 7 rings (SSSR count). The SMILES string of the molecule is COC(=O)[C@@H]1C[C@@H](O)CN1C(=O)C(C(C)C)n1cc(OCCCN2CCCN(c3nccc(-c4noc([C@@]5(C)CCCc6sc(N)c(C#N)c65)n4)n3)[C@@H](C)C2)nn1. The van der Waals surface area contributed by atoms with Crippen molar-refractivity contribution in [1.29, 1.82) is 5.26 Å². The van der Waals surface area contributed by atoms with Gasteiger partial charge in [-0.15, -0.1) is 11.3 Å². The van der Waals surface area contributed by atoms with Gasteiger partial charge in [0.25, 0.3) is 5.88 Å². The topological polar surface area (TPSA) is 228 Å². The minimum Gasteiger partial charge on any atom is -0.475 e. The Morgan fingerprint density at radius 3 is 2.82 bits per heavy atom. The van der Waals surface area contributed by atoms with Crippen molar-refractivity contribution in [2.24, 2.45) is 5.92 Å². The van der Waals surface area contributed by atoms with E-state index in [1.54, 1.807) is 18.5 Å². The number of thiophene rings is 1. The van der Waals surface area contributed by atoms with Gasteiger partial charge < -0.3 is 39.5 Å². The fraction of sp³-hybridized carbons (Fsp3) is 0.605. The number of aryl methyl sites for hydroxylation is 1. The first kappa shape index (κ1) is 40.0. The molecule has 304 valence electrons. The van der Waals surface area contributed by atoms with Gasteiger partial charge >= 0.3 is 5.97 Å². The summed E-state index contributed by atoms with van der Waals surface area (Å²) in [6.45, 7) is 11.7. The van der Waals surface area contributed by atoms with E-state index in [0.29, 0.717) is 46.4 Å². The van der Waals surface area contributed by atoms with Crippen LogP contribution in [0.15, 0.2) is 23.0 Å². The number of aromatic nitrogens is 7. The molecule has 4 aromatic heterocycles. The van der Waals surface area contributed by atoms with Crippen LogP contribution in [0.3, 0.4) is 0 Å². The van der Waals surface area contributed by atoms with E-state index < -0.39 is 29.6 Å². The van der Waals surface area contributed by atoms with E-state index in [-0.39, 0.29) is 30.8 Å². The highest BCUT2D eigenvalue weighted by atomic mass is 32.1. The molecule has 1 unspecified atom stereocenters. The lowest BCUT2D eigenvalue weighted by molar-refractivity contribution is -0.152. The number of nitrogens with zero attached hydrogens (tertiary/aromatic N) is 11. The molecule has 19 heteroatoms. The second kappa shape index (κ2) is 16.7. The summed E-state index contributed by atoms with van der Waals surface area (Å²) in [7, 11) is 1.27. The Morgan fingerprint density at radius 1 is 1.23 bits per heavy atom. The Hall–Kier alpha value is -5.19. The lowest BCUT2D eigenvalue weighted by atomic mass is 9.72. The van der Waals surface area contributed by atoms with E-state index in [0.717, 1.165) is 68.7 Å². The maximum atomic E-state index is 13.6. The molecule has 3 aliphatic rings. The average Bonchev–Trinajstić information content (AvgIpc) is 3.99. The van der Waals surface area contributed by atoms with Crippen molar-refractivity contribution in [3.05, 3.63) is 40.4 Å². The molecule has 3 N–H and O–H groups in total. The quantitative estimate of drug-likeness (QED) is 0.155. The van der Waals surface area contributed by atoms with E-state index in [4.69, 9.17) is 29.7 Å². The third-order valence-electron chi connectivity index (χ3n) is 11.3. The zero-order valence-corrected chi connectivity index (χ0v) is 33.8. The lowest BCUT2D eigenvalue weighted by Gasteiger charge is -2.30. The number of likely N-dealkylation sites (tertiary alicyclic amines) is 1. The van der Waals surface area contributed by atoms with Crippen molar-refractivity contribution in [2.75, 3.05) is 57.1 Å². The molecule has 1 aliphatic carbocycles. The van der Waals surface area contributed by atoms with Crippen molar-refractivity contribution >= 4 is 34.2 Å². The van der Waals surface area contributed by atoms with E-state index in [1.165, 1.54) is 28.0 Å². The third-order valence-corrected chi connectivity index (χ3v) is 12.3. The van der Waals surface area contributed by atoms with Gasteiger partial charge in [-0.05, 0) is 64.5 Å². The Morgan fingerprint density at radius 2 is 2.05 bits per heavy atom. The van der Waals surface area contributed by atoms with Crippen molar-refractivity contribution < 1.29 is 28.7 Å². The highest BCUT2D eigenvalue weighted by Gasteiger charge is 2.44. The number of esters is 1. The number of amides is 1. The number of fused-ring (bicyclic) bond motifs is 1. The number of nitrogen functional groups attached to an aromatic ring is 1. The Labute approximate surface area is 334 Å². The fourth-order valence-electron chi connectivity index (χ4n) is 8.44.